The van der Waals surface area contributed by atoms with Gasteiger partial charge in [0, 0.05) is 11.1 Å². The number of furan rings is 1. The van der Waals surface area contributed by atoms with Gasteiger partial charge in [0.05, 0.1) is 11.4 Å². The van der Waals surface area contributed by atoms with E-state index in [9.17, 15) is 0 Å². The fourth-order valence-corrected chi connectivity index (χ4v) is 2.69. The lowest BCUT2D eigenvalue weighted by Crippen LogP contribution is -1.94. The Morgan fingerprint density at radius 1 is 0.739 bits per heavy atom. The predicted octanol–water partition coefficient (Wildman–Crippen LogP) is 5.12. The average Bonchev–Trinajstić information content (AvgIpc) is 3.09. The van der Waals surface area contributed by atoms with E-state index in [0.717, 1.165) is 40.0 Å². The molecule has 0 radical (unpaired) electrons. The molecule has 112 valence electrons. The number of nitrogens with zero attached hydrogens (tertiary/aromatic N) is 2. The minimum Gasteiger partial charge on any atom is -0.468 e. The summed E-state index contributed by atoms with van der Waals surface area (Å²) in [6.45, 7) is 2.15. The Kier molecular flexibility index (Phi) is 3.39. The van der Waals surface area contributed by atoms with E-state index in [2.05, 4.69) is 43.3 Å². The molecular formula is C20H16N2O. The van der Waals surface area contributed by atoms with Crippen LogP contribution >= 0.6 is 0 Å². The molecule has 0 saturated carbocycles. The van der Waals surface area contributed by atoms with E-state index in [1.807, 2.05) is 18.2 Å². The number of benzene rings is 2. The second-order valence-corrected chi connectivity index (χ2v) is 5.48. The smallest absolute Gasteiger partial charge is 0.128 e. The number of aromatic nitrogens is 2. The van der Waals surface area contributed by atoms with Crippen LogP contribution in [0.3, 0.4) is 0 Å². The van der Waals surface area contributed by atoms with Crippen molar-refractivity contribution in [2.45, 2.75) is 13.3 Å². The fourth-order valence-electron chi connectivity index (χ4n) is 2.69. The summed E-state index contributed by atoms with van der Waals surface area (Å²) in [5.74, 6) is 0. The van der Waals surface area contributed by atoms with E-state index >= 15 is 0 Å². The van der Waals surface area contributed by atoms with E-state index in [0.29, 0.717) is 0 Å². The first-order valence-corrected chi connectivity index (χ1v) is 7.74. The zero-order chi connectivity index (χ0) is 15.6. The van der Waals surface area contributed by atoms with Crippen molar-refractivity contribution < 1.29 is 4.42 Å². The Labute approximate surface area is 134 Å². The minimum absolute atomic E-state index is 0.776. The highest BCUT2D eigenvalue weighted by Gasteiger charge is 2.13. The Morgan fingerprint density at radius 3 is 1.87 bits per heavy atom. The summed E-state index contributed by atoms with van der Waals surface area (Å²) in [6.07, 6.45) is 4.30. The van der Waals surface area contributed by atoms with Gasteiger partial charge in [0.15, 0.2) is 0 Å². The van der Waals surface area contributed by atoms with Crippen LogP contribution in [0.5, 0.6) is 0 Å². The van der Waals surface area contributed by atoms with E-state index < -0.39 is 0 Å². The van der Waals surface area contributed by atoms with Gasteiger partial charge in [-0.1, -0.05) is 61.5 Å². The molecule has 0 fully saturated rings. The first kappa shape index (κ1) is 13.7. The van der Waals surface area contributed by atoms with Crippen LogP contribution in [0.25, 0.3) is 33.5 Å². The van der Waals surface area contributed by atoms with Crippen LogP contribution in [0.2, 0.25) is 0 Å². The second kappa shape index (κ2) is 5.69. The molecule has 23 heavy (non-hydrogen) atoms. The van der Waals surface area contributed by atoms with Gasteiger partial charge >= 0.3 is 0 Å². The van der Waals surface area contributed by atoms with E-state index in [4.69, 9.17) is 14.4 Å². The Balaban J connectivity index is 1.95. The molecule has 3 nitrogen and oxygen atoms in total. The summed E-state index contributed by atoms with van der Waals surface area (Å²) in [4.78, 5) is 9.55. The van der Waals surface area contributed by atoms with Crippen molar-refractivity contribution in [2.24, 2.45) is 0 Å². The van der Waals surface area contributed by atoms with Crippen LogP contribution in [0.15, 0.2) is 71.5 Å². The lowest BCUT2D eigenvalue weighted by Gasteiger charge is -2.09. The van der Waals surface area contributed by atoms with E-state index in [1.54, 1.807) is 12.5 Å². The fraction of sp³-hybridized carbons (Fsp3) is 0.100. The highest BCUT2D eigenvalue weighted by Crippen LogP contribution is 2.31. The van der Waals surface area contributed by atoms with Crippen LogP contribution < -0.4 is 0 Å². The lowest BCUT2D eigenvalue weighted by atomic mass is 10.0. The molecule has 0 atom stereocenters. The molecule has 0 aliphatic rings. The summed E-state index contributed by atoms with van der Waals surface area (Å²) < 4.78 is 5.26. The Bertz CT molecular complexity index is 940. The van der Waals surface area contributed by atoms with Crippen molar-refractivity contribution in [3.05, 3.63) is 72.7 Å². The normalized spacial score (nSPS) is 11.0. The van der Waals surface area contributed by atoms with Gasteiger partial charge in [0.2, 0.25) is 0 Å². The molecule has 0 N–H and O–H groups in total. The summed E-state index contributed by atoms with van der Waals surface area (Å²) in [7, 11) is 0. The number of hydrogen-bond acceptors (Lipinski definition) is 3. The molecule has 2 heterocycles. The highest BCUT2D eigenvalue weighted by molar-refractivity contribution is 5.85. The lowest BCUT2D eigenvalue weighted by molar-refractivity contribution is 0.571. The molecule has 0 saturated heterocycles. The van der Waals surface area contributed by atoms with Crippen molar-refractivity contribution in [1.82, 2.24) is 9.97 Å². The van der Waals surface area contributed by atoms with Crippen LogP contribution in [0, 0.1) is 0 Å². The summed E-state index contributed by atoms with van der Waals surface area (Å²) in [5.41, 5.74) is 6.75. The molecule has 0 amide bonds. The molecule has 4 aromatic rings. The van der Waals surface area contributed by atoms with Crippen LogP contribution in [-0.4, -0.2) is 9.97 Å². The highest BCUT2D eigenvalue weighted by atomic mass is 16.3. The molecule has 0 spiro atoms. The third kappa shape index (κ3) is 2.50. The van der Waals surface area contributed by atoms with Gasteiger partial charge in [-0.3, -0.25) is 0 Å². The van der Waals surface area contributed by atoms with Gasteiger partial charge in [-0.25, -0.2) is 9.97 Å². The SMILES string of the molecule is CCc1ccc(-c2nc3cocc3nc2-c2ccccc2)cc1. The van der Waals surface area contributed by atoms with Gasteiger partial charge in [0.25, 0.3) is 0 Å². The summed E-state index contributed by atoms with van der Waals surface area (Å²) in [6, 6.07) is 18.7. The largest absolute Gasteiger partial charge is 0.468 e. The Hall–Kier alpha value is -2.94. The van der Waals surface area contributed by atoms with Gasteiger partial charge in [-0.05, 0) is 12.0 Å². The molecular weight excluding hydrogens is 284 g/mol. The van der Waals surface area contributed by atoms with Crippen LogP contribution in [0.1, 0.15) is 12.5 Å². The molecule has 0 unspecified atom stereocenters. The maximum atomic E-state index is 5.26. The van der Waals surface area contributed by atoms with Gasteiger partial charge in [0.1, 0.15) is 23.6 Å². The topological polar surface area (TPSA) is 38.9 Å². The van der Waals surface area contributed by atoms with Crippen molar-refractivity contribution >= 4 is 11.0 Å². The quantitative estimate of drug-likeness (QED) is 0.527. The van der Waals surface area contributed by atoms with E-state index in [-0.39, 0.29) is 0 Å². The molecule has 2 aromatic carbocycles. The molecule has 0 bridgehead atoms. The number of rotatable bonds is 3. The number of fused-ring (bicyclic) bond motifs is 1. The van der Waals surface area contributed by atoms with E-state index in [1.165, 1.54) is 5.56 Å². The predicted molar refractivity (Wildman–Crippen MR) is 92.1 cm³/mol. The van der Waals surface area contributed by atoms with Gasteiger partial charge in [-0.2, -0.15) is 0 Å². The third-order valence-corrected chi connectivity index (χ3v) is 3.99. The standard InChI is InChI=1S/C20H16N2O/c1-2-14-8-10-16(11-9-14)20-19(15-6-4-3-5-7-15)21-17-12-23-13-18(17)22-20/h3-13H,2H2,1H3. The minimum atomic E-state index is 0.776. The number of hydrogen-bond donors (Lipinski definition) is 0. The average molecular weight is 300 g/mol. The number of aryl methyl sites for hydroxylation is 1. The first-order valence-electron chi connectivity index (χ1n) is 7.74. The molecule has 3 heteroatoms. The zero-order valence-electron chi connectivity index (χ0n) is 12.9. The van der Waals surface area contributed by atoms with Crippen molar-refractivity contribution in [3.63, 3.8) is 0 Å². The molecule has 0 aliphatic carbocycles. The summed E-state index contributed by atoms with van der Waals surface area (Å²) in [5, 5.41) is 0. The molecule has 0 aliphatic heterocycles. The van der Waals surface area contributed by atoms with Crippen molar-refractivity contribution in [2.75, 3.05) is 0 Å². The van der Waals surface area contributed by atoms with Crippen LogP contribution in [-0.2, 0) is 6.42 Å². The Morgan fingerprint density at radius 2 is 1.30 bits per heavy atom. The van der Waals surface area contributed by atoms with Gasteiger partial charge in [-0.15, -0.1) is 0 Å². The van der Waals surface area contributed by atoms with Crippen molar-refractivity contribution in [3.8, 4) is 22.5 Å². The summed E-state index contributed by atoms with van der Waals surface area (Å²) >= 11 is 0. The monoisotopic (exact) mass is 300 g/mol. The zero-order valence-corrected chi connectivity index (χ0v) is 12.9. The maximum Gasteiger partial charge on any atom is 0.128 e. The van der Waals surface area contributed by atoms with Crippen molar-refractivity contribution in [1.29, 1.82) is 0 Å². The molecule has 4 rings (SSSR count). The van der Waals surface area contributed by atoms with Crippen LogP contribution in [0.4, 0.5) is 0 Å². The first-order chi connectivity index (χ1) is 11.3. The van der Waals surface area contributed by atoms with Gasteiger partial charge < -0.3 is 4.42 Å². The molecule has 2 aromatic heterocycles. The third-order valence-electron chi connectivity index (χ3n) is 3.99. The second-order valence-electron chi connectivity index (χ2n) is 5.48. The maximum absolute atomic E-state index is 5.26.